The molecule has 1 aromatic heterocycles. The maximum atomic E-state index is 12.9. The smallest absolute Gasteiger partial charge is 0.236 e. The Kier molecular flexibility index (Phi) is 5.81. The predicted molar refractivity (Wildman–Crippen MR) is 108 cm³/mol. The molecule has 0 radical (unpaired) electrons. The van der Waals surface area contributed by atoms with Crippen molar-refractivity contribution < 1.29 is 4.79 Å². The van der Waals surface area contributed by atoms with E-state index in [4.69, 9.17) is 0 Å². The number of rotatable bonds is 6. The fourth-order valence-electron chi connectivity index (χ4n) is 4.23. The predicted octanol–water partition coefficient (Wildman–Crippen LogP) is 3.99. The molecule has 6 heteroatoms. The van der Waals surface area contributed by atoms with Crippen molar-refractivity contribution in [1.82, 2.24) is 20.1 Å². The SMILES string of the molecule is C[C@H](Sc1n[nH]c(CCC2CCCC2)n1)C(=O)N1CCc2ccccc2C1. The minimum absolute atomic E-state index is 0.172. The molecule has 0 saturated heterocycles. The van der Waals surface area contributed by atoms with Crippen molar-refractivity contribution in [2.75, 3.05) is 6.54 Å². The van der Waals surface area contributed by atoms with Gasteiger partial charge < -0.3 is 4.90 Å². The summed E-state index contributed by atoms with van der Waals surface area (Å²) in [6.07, 6.45) is 8.57. The highest BCUT2D eigenvalue weighted by Crippen LogP contribution is 2.29. The van der Waals surface area contributed by atoms with Crippen molar-refractivity contribution in [2.24, 2.45) is 5.92 Å². The lowest BCUT2D eigenvalue weighted by atomic mass is 10.00. The number of aromatic nitrogens is 3. The molecule has 1 aliphatic heterocycles. The minimum atomic E-state index is -0.172. The monoisotopic (exact) mass is 384 g/mol. The van der Waals surface area contributed by atoms with Crippen LogP contribution in [0.4, 0.5) is 0 Å². The van der Waals surface area contributed by atoms with E-state index in [9.17, 15) is 4.79 Å². The third-order valence-electron chi connectivity index (χ3n) is 5.85. The van der Waals surface area contributed by atoms with Gasteiger partial charge in [0.1, 0.15) is 5.82 Å². The van der Waals surface area contributed by atoms with Crippen molar-refractivity contribution >= 4 is 17.7 Å². The summed E-state index contributed by atoms with van der Waals surface area (Å²) in [4.78, 5) is 19.4. The van der Waals surface area contributed by atoms with Crippen molar-refractivity contribution in [3.63, 3.8) is 0 Å². The number of nitrogens with one attached hydrogen (secondary N) is 1. The van der Waals surface area contributed by atoms with Crippen molar-refractivity contribution in [3.8, 4) is 0 Å². The Bertz CT molecular complexity index is 784. The molecule has 5 nitrogen and oxygen atoms in total. The third kappa shape index (κ3) is 4.54. The highest BCUT2D eigenvalue weighted by molar-refractivity contribution is 8.00. The van der Waals surface area contributed by atoms with Gasteiger partial charge in [0.2, 0.25) is 11.1 Å². The summed E-state index contributed by atoms with van der Waals surface area (Å²) >= 11 is 1.46. The molecule has 2 aromatic rings. The Labute approximate surface area is 165 Å². The summed E-state index contributed by atoms with van der Waals surface area (Å²) < 4.78 is 0. The van der Waals surface area contributed by atoms with Gasteiger partial charge in [-0.05, 0) is 36.8 Å². The van der Waals surface area contributed by atoms with E-state index in [0.29, 0.717) is 11.7 Å². The standard InChI is InChI=1S/C21H28N4OS/c1-15(20(26)25-13-12-17-8-4-5-9-18(17)14-25)27-21-22-19(23-24-21)11-10-16-6-2-3-7-16/h4-5,8-9,15-16H,2-3,6-7,10-14H2,1H3,(H,22,23,24)/t15-/m0/s1. The summed E-state index contributed by atoms with van der Waals surface area (Å²) in [6.45, 7) is 3.46. The molecule has 1 N–H and O–H groups in total. The van der Waals surface area contributed by atoms with Crippen LogP contribution in [0.15, 0.2) is 29.4 Å². The lowest BCUT2D eigenvalue weighted by Crippen LogP contribution is -2.40. The van der Waals surface area contributed by atoms with E-state index >= 15 is 0 Å². The van der Waals surface area contributed by atoms with Gasteiger partial charge in [-0.25, -0.2) is 4.98 Å². The molecule has 0 unspecified atom stereocenters. The summed E-state index contributed by atoms with van der Waals surface area (Å²) in [5.74, 6) is 1.98. The zero-order valence-electron chi connectivity index (χ0n) is 16.0. The number of amides is 1. The van der Waals surface area contributed by atoms with E-state index in [0.717, 1.165) is 31.1 Å². The van der Waals surface area contributed by atoms with Gasteiger partial charge in [0.25, 0.3) is 0 Å². The lowest BCUT2D eigenvalue weighted by molar-refractivity contribution is -0.131. The molecule has 1 aliphatic carbocycles. The number of aryl methyl sites for hydroxylation is 1. The van der Waals surface area contributed by atoms with Gasteiger partial charge in [-0.2, -0.15) is 0 Å². The molecule has 2 aliphatic rings. The van der Waals surface area contributed by atoms with Gasteiger partial charge in [-0.15, -0.1) is 5.10 Å². The average Bonchev–Trinajstić information content (AvgIpc) is 3.37. The molecular weight excluding hydrogens is 356 g/mol. The van der Waals surface area contributed by atoms with Crippen molar-refractivity contribution in [1.29, 1.82) is 0 Å². The zero-order valence-corrected chi connectivity index (χ0v) is 16.8. The molecule has 1 fully saturated rings. The second-order valence-corrected chi connectivity index (χ2v) is 9.10. The molecule has 144 valence electrons. The Morgan fingerprint density at radius 2 is 2.07 bits per heavy atom. The molecule has 1 aromatic carbocycles. The summed E-state index contributed by atoms with van der Waals surface area (Å²) in [6, 6.07) is 8.41. The zero-order chi connectivity index (χ0) is 18.6. The third-order valence-corrected chi connectivity index (χ3v) is 6.80. The largest absolute Gasteiger partial charge is 0.337 e. The van der Waals surface area contributed by atoms with E-state index in [1.54, 1.807) is 0 Å². The van der Waals surface area contributed by atoms with E-state index in [1.807, 2.05) is 17.9 Å². The molecule has 0 spiro atoms. The molecule has 2 heterocycles. The van der Waals surface area contributed by atoms with Crippen LogP contribution in [0.2, 0.25) is 0 Å². The van der Waals surface area contributed by atoms with Crippen LogP contribution >= 0.6 is 11.8 Å². The topological polar surface area (TPSA) is 61.9 Å². The van der Waals surface area contributed by atoms with Gasteiger partial charge >= 0.3 is 0 Å². The van der Waals surface area contributed by atoms with E-state index < -0.39 is 0 Å². The molecule has 27 heavy (non-hydrogen) atoms. The van der Waals surface area contributed by atoms with Crippen LogP contribution in [0.3, 0.4) is 0 Å². The van der Waals surface area contributed by atoms with Gasteiger partial charge in [-0.1, -0.05) is 61.7 Å². The quantitative estimate of drug-likeness (QED) is 0.765. The number of thioether (sulfide) groups is 1. The highest BCUT2D eigenvalue weighted by atomic mass is 32.2. The number of carbonyl (C=O) groups excluding carboxylic acids is 1. The van der Waals surface area contributed by atoms with Crippen LogP contribution in [0.5, 0.6) is 0 Å². The second kappa shape index (κ2) is 8.46. The van der Waals surface area contributed by atoms with Crippen LogP contribution in [-0.2, 0) is 24.2 Å². The number of benzene rings is 1. The van der Waals surface area contributed by atoms with Gasteiger partial charge in [-0.3, -0.25) is 9.89 Å². The van der Waals surface area contributed by atoms with Gasteiger partial charge in [0, 0.05) is 19.5 Å². The van der Waals surface area contributed by atoms with Crippen LogP contribution in [0, 0.1) is 5.92 Å². The van der Waals surface area contributed by atoms with Crippen molar-refractivity contribution in [3.05, 3.63) is 41.2 Å². The van der Waals surface area contributed by atoms with Gasteiger partial charge in [0.15, 0.2) is 0 Å². The lowest BCUT2D eigenvalue weighted by Gasteiger charge is -2.30. The summed E-state index contributed by atoms with van der Waals surface area (Å²) in [5, 5.41) is 7.90. The molecule has 1 amide bonds. The fourth-order valence-corrected chi connectivity index (χ4v) is 5.06. The number of carbonyl (C=O) groups is 1. The summed E-state index contributed by atoms with van der Waals surface area (Å²) in [7, 11) is 0. The maximum absolute atomic E-state index is 12.9. The molecular formula is C21H28N4OS. The molecule has 1 atom stereocenters. The number of nitrogens with zero attached hydrogens (tertiary/aromatic N) is 3. The van der Waals surface area contributed by atoms with Crippen LogP contribution in [0.1, 0.15) is 56.0 Å². The van der Waals surface area contributed by atoms with Gasteiger partial charge in [0.05, 0.1) is 5.25 Å². The number of H-pyrrole nitrogens is 1. The normalized spacial score (nSPS) is 18.5. The Hall–Kier alpha value is -1.82. The Morgan fingerprint density at radius 3 is 2.89 bits per heavy atom. The van der Waals surface area contributed by atoms with Crippen LogP contribution in [0.25, 0.3) is 0 Å². The maximum Gasteiger partial charge on any atom is 0.236 e. The fraction of sp³-hybridized carbons (Fsp3) is 0.571. The Morgan fingerprint density at radius 1 is 1.30 bits per heavy atom. The number of aromatic amines is 1. The highest BCUT2D eigenvalue weighted by Gasteiger charge is 2.26. The van der Waals surface area contributed by atoms with E-state index in [1.165, 1.54) is 55.0 Å². The molecule has 0 bridgehead atoms. The second-order valence-electron chi connectivity index (χ2n) is 7.79. The minimum Gasteiger partial charge on any atom is -0.337 e. The first-order valence-corrected chi connectivity index (χ1v) is 11.0. The Balaban J connectivity index is 1.30. The number of hydrogen-bond donors (Lipinski definition) is 1. The first-order valence-electron chi connectivity index (χ1n) is 10.1. The first kappa shape index (κ1) is 18.5. The average molecular weight is 385 g/mol. The summed E-state index contributed by atoms with van der Waals surface area (Å²) in [5.41, 5.74) is 2.63. The number of hydrogen-bond acceptors (Lipinski definition) is 4. The number of fused-ring (bicyclic) bond motifs is 1. The van der Waals surface area contributed by atoms with Crippen molar-refractivity contribution in [2.45, 2.75) is 68.8 Å². The van der Waals surface area contributed by atoms with Crippen LogP contribution in [-0.4, -0.2) is 37.8 Å². The van der Waals surface area contributed by atoms with Crippen LogP contribution < -0.4 is 0 Å². The molecule has 4 rings (SSSR count). The van der Waals surface area contributed by atoms with E-state index in [2.05, 4.69) is 33.4 Å². The molecule has 1 saturated carbocycles. The van der Waals surface area contributed by atoms with E-state index in [-0.39, 0.29) is 11.2 Å². The first-order chi connectivity index (χ1) is 13.2.